The maximum absolute atomic E-state index is 12.3. The van der Waals surface area contributed by atoms with E-state index in [1.807, 2.05) is 6.92 Å². The largest absolute Gasteiger partial charge is 0.388 e. The fourth-order valence-electron chi connectivity index (χ4n) is 3.68. The van der Waals surface area contributed by atoms with Crippen molar-refractivity contribution in [1.82, 2.24) is 4.90 Å². The van der Waals surface area contributed by atoms with E-state index in [1.54, 1.807) is 24.3 Å². The third-order valence-corrected chi connectivity index (χ3v) is 5.24. The summed E-state index contributed by atoms with van der Waals surface area (Å²) in [6, 6.07) is 6.35. The fourth-order valence-corrected chi connectivity index (χ4v) is 3.68. The predicted molar refractivity (Wildman–Crippen MR) is 101 cm³/mol. The van der Waals surface area contributed by atoms with Crippen molar-refractivity contribution in [2.45, 2.75) is 63.3 Å². The molecule has 0 aliphatic carbocycles. The zero-order valence-electron chi connectivity index (χ0n) is 15.7. The third-order valence-electron chi connectivity index (χ3n) is 5.24. The zero-order valence-corrected chi connectivity index (χ0v) is 15.7. The second-order valence-electron chi connectivity index (χ2n) is 7.10. The summed E-state index contributed by atoms with van der Waals surface area (Å²) in [7, 11) is 5.85. The number of hydrogen-bond donors (Lipinski definition) is 1. The molecule has 0 saturated carbocycles. The van der Waals surface area contributed by atoms with Gasteiger partial charge in [0.05, 0.1) is 17.2 Å². The molecule has 1 saturated heterocycles. The number of rotatable bonds is 9. The van der Waals surface area contributed by atoms with Crippen LogP contribution in [0.1, 0.15) is 59.7 Å². The van der Waals surface area contributed by atoms with Gasteiger partial charge in [-0.2, -0.15) is 0 Å². The van der Waals surface area contributed by atoms with Gasteiger partial charge in [-0.25, -0.2) is 0 Å². The highest BCUT2D eigenvalue weighted by Gasteiger charge is 2.40. The second-order valence-corrected chi connectivity index (χ2v) is 7.10. The Morgan fingerprint density at radius 1 is 1.11 bits per heavy atom. The number of carbonyl (C=O) groups excluding carboxylic acids is 2. The average Bonchev–Trinajstić information content (AvgIpc) is 3.09. The molecule has 7 heteroatoms. The summed E-state index contributed by atoms with van der Waals surface area (Å²) in [5.41, 5.74) is 0.991. The summed E-state index contributed by atoms with van der Waals surface area (Å²) in [5.74, 6) is -0.401. The lowest BCUT2D eigenvalue weighted by molar-refractivity contribution is -0.0233. The number of benzene rings is 1. The molecule has 2 radical (unpaired) electrons. The van der Waals surface area contributed by atoms with E-state index in [0.29, 0.717) is 30.7 Å². The van der Waals surface area contributed by atoms with Gasteiger partial charge in [0, 0.05) is 19.2 Å². The summed E-state index contributed by atoms with van der Waals surface area (Å²) in [5, 5.41) is 10.1. The predicted octanol–water partition coefficient (Wildman–Crippen LogP) is 1.89. The van der Waals surface area contributed by atoms with E-state index in [4.69, 9.17) is 17.3 Å². The van der Waals surface area contributed by atoms with Crippen LogP contribution in [0.5, 0.6) is 0 Å². The first-order valence-electron chi connectivity index (χ1n) is 9.70. The van der Waals surface area contributed by atoms with Gasteiger partial charge < -0.3 is 14.6 Å². The van der Waals surface area contributed by atoms with Crippen molar-refractivity contribution in [3.63, 3.8) is 0 Å². The van der Waals surface area contributed by atoms with Crippen LogP contribution in [0.15, 0.2) is 24.3 Å². The molecule has 27 heavy (non-hydrogen) atoms. The number of aliphatic hydroxyl groups is 1. The van der Waals surface area contributed by atoms with Gasteiger partial charge in [-0.15, -0.1) is 0 Å². The summed E-state index contributed by atoms with van der Waals surface area (Å²) in [6.45, 7) is 2.88. The molecule has 6 nitrogen and oxygen atoms in total. The molecule has 1 aromatic rings. The monoisotopic (exact) mass is 371 g/mol. The fraction of sp³-hybridized carbons (Fsp3) is 0.600. The Hall–Kier alpha value is -1.70. The van der Waals surface area contributed by atoms with E-state index in [0.717, 1.165) is 25.7 Å². The molecule has 0 bridgehead atoms. The van der Waals surface area contributed by atoms with Gasteiger partial charge in [0.25, 0.3) is 11.8 Å². The van der Waals surface area contributed by atoms with Crippen LogP contribution in [-0.2, 0) is 9.47 Å². The summed E-state index contributed by atoms with van der Waals surface area (Å²) < 4.78 is 11.2. The Balaban J connectivity index is 1.32. The number of amides is 2. The highest BCUT2D eigenvalue weighted by molar-refractivity contribution is 6.21. The standard InChI is InChI=1S/C20H26BNO5/c1-2-15-16(23)17(18(21)27-15)26-12-8-4-3-7-11-22-19(24)13-9-5-6-10-14(13)20(22)25/h5-6,9-10,15-18,23H,2-4,7-8,11-12H2,1H3/t15-,16?,17+,18-/m1/s1. The number of nitrogens with zero attached hydrogens (tertiary/aromatic N) is 1. The number of carbonyl (C=O) groups is 2. The Morgan fingerprint density at radius 2 is 1.74 bits per heavy atom. The molecule has 0 spiro atoms. The molecule has 2 heterocycles. The quantitative estimate of drug-likeness (QED) is 0.408. The number of fused-ring (bicyclic) bond motifs is 1. The molecule has 0 aromatic heterocycles. The highest BCUT2D eigenvalue weighted by atomic mass is 16.6. The summed E-state index contributed by atoms with van der Waals surface area (Å²) >= 11 is 0. The van der Waals surface area contributed by atoms with E-state index in [2.05, 4.69) is 0 Å². The molecular formula is C20H26BNO5. The van der Waals surface area contributed by atoms with Crippen molar-refractivity contribution in [3.8, 4) is 0 Å². The molecule has 2 aliphatic rings. The number of aliphatic hydroxyl groups excluding tert-OH is 1. The highest BCUT2D eigenvalue weighted by Crippen LogP contribution is 2.25. The van der Waals surface area contributed by atoms with Crippen molar-refractivity contribution >= 4 is 19.7 Å². The lowest BCUT2D eigenvalue weighted by atomic mass is 9.92. The molecule has 144 valence electrons. The van der Waals surface area contributed by atoms with Crippen LogP contribution in [0.25, 0.3) is 0 Å². The molecule has 1 fully saturated rings. The van der Waals surface area contributed by atoms with Crippen LogP contribution in [0.3, 0.4) is 0 Å². The van der Waals surface area contributed by atoms with Crippen LogP contribution in [0.4, 0.5) is 0 Å². The van der Waals surface area contributed by atoms with Gasteiger partial charge in [0.2, 0.25) is 0 Å². The van der Waals surface area contributed by atoms with E-state index < -0.39 is 18.2 Å². The van der Waals surface area contributed by atoms with Gasteiger partial charge in [-0.1, -0.05) is 31.9 Å². The van der Waals surface area contributed by atoms with Crippen LogP contribution in [0.2, 0.25) is 0 Å². The zero-order chi connectivity index (χ0) is 19.4. The Morgan fingerprint density at radius 3 is 2.33 bits per heavy atom. The smallest absolute Gasteiger partial charge is 0.261 e. The van der Waals surface area contributed by atoms with Gasteiger partial charge >= 0.3 is 0 Å². The molecule has 4 atom stereocenters. The average molecular weight is 371 g/mol. The van der Waals surface area contributed by atoms with Crippen molar-refractivity contribution < 1.29 is 24.2 Å². The van der Waals surface area contributed by atoms with Gasteiger partial charge in [0.1, 0.15) is 20.1 Å². The minimum absolute atomic E-state index is 0.200. The minimum Gasteiger partial charge on any atom is -0.388 e. The number of ether oxygens (including phenoxy) is 2. The van der Waals surface area contributed by atoms with E-state index in [1.165, 1.54) is 4.90 Å². The summed E-state index contributed by atoms with van der Waals surface area (Å²) in [4.78, 5) is 25.9. The maximum Gasteiger partial charge on any atom is 0.261 e. The van der Waals surface area contributed by atoms with Crippen LogP contribution >= 0.6 is 0 Å². The van der Waals surface area contributed by atoms with Crippen LogP contribution in [0, 0.1) is 0 Å². The van der Waals surface area contributed by atoms with Gasteiger partial charge in [-0.05, 0) is 31.4 Å². The molecule has 2 amide bonds. The first-order chi connectivity index (χ1) is 13.0. The van der Waals surface area contributed by atoms with E-state index >= 15 is 0 Å². The number of unbranched alkanes of at least 4 members (excludes halogenated alkanes) is 3. The molecule has 3 rings (SSSR count). The van der Waals surface area contributed by atoms with Gasteiger partial charge in [0.15, 0.2) is 0 Å². The third kappa shape index (κ3) is 4.26. The topological polar surface area (TPSA) is 76.1 Å². The maximum atomic E-state index is 12.3. The van der Waals surface area contributed by atoms with Crippen LogP contribution < -0.4 is 0 Å². The SMILES string of the molecule is [B][C@@H]1O[C@H](CC)C(O)[C@@H]1OCCCCCCN1C(=O)c2ccccc2C1=O. The molecular weight excluding hydrogens is 345 g/mol. The lowest BCUT2D eigenvalue weighted by Gasteiger charge is -2.19. The molecule has 1 unspecified atom stereocenters. The lowest BCUT2D eigenvalue weighted by Crippen LogP contribution is -2.35. The Bertz CT molecular complexity index is 647. The van der Waals surface area contributed by atoms with Crippen molar-refractivity contribution in [3.05, 3.63) is 35.4 Å². The first-order valence-corrected chi connectivity index (χ1v) is 9.70. The van der Waals surface area contributed by atoms with Gasteiger partial charge in [-0.3, -0.25) is 14.5 Å². The van der Waals surface area contributed by atoms with E-state index in [9.17, 15) is 14.7 Å². The first kappa shape index (κ1) is 20.0. The van der Waals surface area contributed by atoms with Crippen LogP contribution in [-0.4, -0.2) is 67.1 Å². The molecule has 1 N–H and O–H groups in total. The van der Waals surface area contributed by atoms with Crippen molar-refractivity contribution in [1.29, 1.82) is 0 Å². The number of imide groups is 1. The normalized spacial score (nSPS) is 27.4. The Labute approximate surface area is 161 Å². The van der Waals surface area contributed by atoms with Crippen molar-refractivity contribution in [2.75, 3.05) is 13.2 Å². The molecule has 1 aromatic carbocycles. The minimum atomic E-state index is -0.682. The molecule has 2 aliphatic heterocycles. The summed E-state index contributed by atoms with van der Waals surface area (Å²) in [6.07, 6.45) is 2.68. The van der Waals surface area contributed by atoms with E-state index in [-0.39, 0.29) is 17.9 Å². The Kier molecular flexibility index (Phi) is 6.68. The number of hydrogen-bond acceptors (Lipinski definition) is 5. The second kappa shape index (κ2) is 9.00. The van der Waals surface area contributed by atoms with Crippen molar-refractivity contribution in [2.24, 2.45) is 0 Å².